The van der Waals surface area contributed by atoms with Crippen LogP contribution in [0.1, 0.15) is 23.2 Å². The first kappa shape index (κ1) is 15.6. The van der Waals surface area contributed by atoms with E-state index in [1.54, 1.807) is 0 Å². The molecule has 0 saturated heterocycles. The maximum atomic E-state index is 11.7. The number of allylic oxidation sites excluding steroid dienone is 1. The summed E-state index contributed by atoms with van der Waals surface area (Å²) >= 11 is 0. The Hall–Kier alpha value is -2.24. The number of aliphatic hydroxyl groups is 1. The minimum absolute atomic E-state index is 0.0298. The van der Waals surface area contributed by atoms with Crippen molar-refractivity contribution < 1.29 is 5.11 Å². The van der Waals surface area contributed by atoms with Gasteiger partial charge in [-0.15, -0.1) is 0 Å². The second-order valence-corrected chi connectivity index (χ2v) is 5.78. The molecule has 0 amide bonds. The Morgan fingerprint density at radius 2 is 2.13 bits per heavy atom. The summed E-state index contributed by atoms with van der Waals surface area (Å²) in [6.07, 6.45) is 5.89. The Balaban J connectivity index is 1.55. The molecular formula is C18H21N3O2. The molecule has 120 valence electrons. The summed E-state index contributed by atoms with van der Waals surface area (Å²) in [7, 11) is 0. The molecule has 1 aromatic heterocycles. The summed E-state index contributed by atoms with van der Waals surface area (Å²) in [5.74, 6) is 0. The van der Waals surface area contributed by atoms with Crippen LogP contribution in [-0.4, -0.2) is 34.3 Å². The van der Waals surface area contributed by atoms with Crippen LogP contribution in [0, 0.1) is 0 Å². The summed E-state index contributed by atoms with van der Waals surface area (Å²) in [4.78, 5) is 18.6. The largest absolute Gasteiger partial charge is 0.395 e. The van der Waals surface area contributed by atoms with Crippen molar-refractivity contribution in [1.29, 1.82) is 0 Å². The highest BCUT2D eigenvalue weighted by Gasteiger charge is 2.19. The molecule has 1 aliphatic rings. The molecule has 0 spiro atoms. The monoisotopic (exact) mass is 311 g/mol. The number of benzene rings is 1. The first-order valence-electron chi connectivity index (χ1n) is 7.92. The van der Waals surface area contributed by atoms with Crippen molar-refractivity contribution in [1.82, 2.24) is 15.3 Å². The highest BCUT2D eigenvalue weighted by molar-refractivity contribution is 5.70. The van der Waals surface area contributed by atoms with E-state index in [1.165, 1.54) is 11.9 Å². The summed E-state index contributed by atoms with van der Waals surface area (Å²) in [5, 5.41) is 12.9. The van der Waals surface area contributed by atoms with Gasteiger partial charge in [-0.1, -0.05) is 36.4 Å². The molecule has 23 heavy (non-hydrogen) atoms. The Labute approximate surface area is 135 Å². The molecule has 3 rings (SSSR count). The standard InChI is InChI=1S/C18H21N3O2/c22-11-15(8-6-13-4-2-1-3-5-13)19-10-14-7-9-16-17(14)20-12-21-18(16)23/h1-5,7,12,15,19,22H,6,8-11H2,(H,20,21,23)/t15-/m1/s1. The van der Waals surface area contributed by atoms with Gasteiger partial charge in [0.2, 0.25) is 0 Å². The molecule has 5 heteroatoms. The van der Waals surface area contributed by atoms with Crippen LogP contribution in [0.15, 0.2) is 47.5 Å². The van der Waals surface area contributed by atoms with Gasteiger partial charge in [-0.2, -0.15) is 0 Å². The summed E-state index contributed by atoms with van der Waals surface area (Å²) in [6, 6.07) is 10.3. The molecule has 0 unspecified atom stereocenters. The smallest absolute Gasteiger partial charge is 0.254 e. The predicted octanol–water partition coefficient (Wildman–Crippen LogP) is 1.29. The predicted molar refractivity (Wildman–Crippen MR) is 90.2 cm³/mol. The molecule has 1 heterocycles. The Bertz CT molecular complexity index is 737. The number of aryl methyl sites for hydroxylation is 1. The lowest BCUT2D eigenvalue weighted by Crippen LogP contribution is -2.34. The zero-order chi connectivity index (χ0) is 16.1. The van der Waals surface area contributed by atoms with Gasteiger partial charge in [-0.05, 0) is 30.4 Å². The third kappa shape index (κ3) is 3.75. The minimum Gasteiger partial charge on any atom is -0.395 e. The quantitative estimate of drug-likeness (QED) is 0.720. The number of hydrogen-bond acceptors (Lipinski definition) is 4. The number of fused-ring (bicyclic) bond motifs is 1. The molecule has 2 aromatic rings. The van der Waals surface area contributed by atoms with E-state index < -0.39 is 0 Å². The fraction of sp³-hybridized carbons (Fsp3) is 0.333. The van der Waals surface area contributed by atoms with Crippen LogP contribution in [0.25, 0.3) is 5.57 Å². The van der Waals surface area contributed by atoms with Crippen LogP contribution < -0.4 is 10.9 Å². The van der Waals surface area contributed by atoms with Gasteiger partial charge in [-0.3, -0.25) is 4.79 Å². The van der Waals surface area contributed by atoms with Crippen LogP contribution in [0.3, 0.4) is 0 Å². The van der Waals surface area contributed by atoms with Crippen LogP contribution in [0.2, 0.25) is 0 Å². The van der Waals surface area contributed by atoms with Gasteiger partial charge in [0.15, 0.2) is 0 Å². The SMILES string of the molecule is O=c1[nH]cnc2c1CC=C2CN[C@@H](CO)CCc1ccccc1. The van der Waals surface area contributed by atoms with Crippen LogP contribution in [-0.2, 0) is 12.8 Å². The lowest BCUT2D eigenvalue weighted by molar-refractivity contribution is 0.239. The zero-order valence-corrected chi connectivity index (χ0v) is 13.0. The summed E-state index contributed by atoms with van der Waals surface area (Å²) < 4.78 is 0. The average Bonchev–Trinajstić information content (AvgIpc) is 3.01. The molecule has 5 nitrogen and oxygen atoms in total. The maximum absolute atomic E-state index is 11.7. The highest BCUT2D eigenvalue weighted by Crippen LogP contribution is 2.21. The molecule has 0 saturated carbocycles. The molecule has 0 aliphatic heterocycles. The van der Waals surface area contributed by atoms with Gasteiger partial charge in [0, 0.05) is 18.2 Å². The number of H-pyrrole nitrogens is 1. The van der Waals surface area contributed by atoms with Gasteiger partial charge in [-0.25, -0.2) is 4.98 Å². The number of nitrogens with one attached hydrogen (secondary N) is 2. The normalized spacial score (nSPS) is 14.4. The molecule has 0 bridgehead atoms. The van der Waals surface area contributed by atoms with Crippen molar-refractivity contribution in [3.63, 3.8) is 0 Å². The Kier molecular flexibility index (Phi) is 5.00. The van der Waals surface area contributed by atoms with Gasteiger partial charge in [0.05, 0.1) is 18.6 Å². The minimum atomic E-state index is -0.0657. The summed E-state index contributed by atoms with van der Waals surface area (Å²) in [6.45, 7) is 0.708. The van der Waals surface area contributed by atoms with E-state index in [2.05, 4.69) is 27.4 Å². The van der Waals surface area contributed by atoms with E-state index >= 15 is 0 Å². The number of nitrogens with zero attached hydrogens (tertiary/aromatic N) is 1. The summed E-state index contributed by atoms with van der Waals surface area (Å²) in [5.41, 5.74) is 3.75. The van der Waals surface area contributed by atoms with Gasteiger partial charge in [0.25, 0.3) is 5.56 Å². The molecule has 1 aliphatic carbocycles. The number of aromatic amines is 1. The number of hydrogen-bond donors (Lipinski definition) is 3. The van der Waals surface area contributed by atoms with Gasteiger partial charge < -0.3 is 15.4 Å². The van der Waals surface area contributed by atoms with E-state index in [0.717, 1.165) is 29.7 Å². The third-order valence-corrected chi connectivity index (χ3v) is 4.23. The molecule has 0 fully saturated rings. The second kappa shape index (κ2) is 7.35. The van der Waals surface area contributed by atoms with Gasteiger partial charge >= 0.3 is 0 Å². The first-order valence-corrected chi connectivity index (χ1v) is 7.92. The zero-order valence-electron chi connectivity index (χ0n) is 13.0. The Morgan fingerprint density at radius 3 is 2.91 bits per heavy atom. The van der Waals surface area contributed by atoms with E-state index in [-0.39, 0.29) is 18.2 Å². The average molecular weight is 311 g/mol. The van der Waals surface area contributed by atoms with Crippen molar-refractivity contribution in [3.05, 3.63) is 69.9 Å². The lowest BCUT2D eigenvalue weighted by Gasteiger charge is -2.17. The van der Waals surface area contributed by atoms with Crippen molar-refractivity contribution in [2.75, 3.05) is 13.2 Å². The molecule has 3 N–H and O–H groups in total. The van der Waals surface area contributed by atoms with E-state index in [9.17, 15) is 9.90 Å². The lowest BCUT2D eigenvalue weighted by atomic mass is 10.1. The van der Waals surface area contributed by atoms with Crippen LogP contribution >= 0.6 is 0 Å². The number of rotatable bonds is 7. The molecule has 0 radical (unpaired) electrons. The maximum Gasteiger partial charge on any atom is 0.254 e. The fourth-order valence-corrected chi connectivity index (χ4v) is 2.87. The van der Waals surface area contributed by atoms with Crippen molar-refractivity contribution in [2.24, 2.45) is 0 Å². The highest BCUT2D eigenvalue weighted by atomic mass is 16.3. The Morgan fingerprint density at radius 1 is 1.30 bits per heavy atom. The first-order chi connectivity index (χ1) is 11.3. The molecule has 1 aromatic carbocycles. The van der Waals surface area contributed by atoms with Crippen molar-refractivity contribution in [3.8, 4) is 0 Å². The number of aliphatic hydroxyl groups excluding tert-OH is 1. The molecule has 1 atom stereocenters. The van der Waals surface area contributed by atoms with Crippen LogP contribution in [0.4, 0.5) is 0 Å². The third-order valence-electron chi connectivity index (χ3n) is 4.23. The fourth-order valence-electron chi connectivity index (χ4n) is 2.87. The van der Waals surface area contributed by atoms with Crippen LogP contribution in [0.5, 0.6) is 0 Å². The number of aromatic nitrogens is 2. The van der Waals surface area contributed by atoms with Gasteiger partial charge in [0.1, 0.15) is 0 Å². The van der Waals surface area contributed by atoms with Crippen molar-refractivity contribution in [2.45, 2.75) is 25.3 Å². The topological polar surface area (TPSA) is 78.0 Å². The van der Waals surface area contributed by atoms with E-state index in [1.807, 2.05) is 24.3 Å². The van der Waals surface area contributed by atoms with Crippen molar-refractivity contribution >= 4 is 5.57 Å². The van der Waals surface area contributed by atoms with E-state index in [0.29, 0.717) is 13.0 Å². The molecular weight excluding hydrogens is 290 g/mol. The second-order valence-electron chi connectivity index (χ2n) is 5.78. The van der Waals surface area contributed by atoms with E-state index in [4.69, 9.17) is 0 Å².